The molecular weight excluding hydrogens is 278 g/mol. The molecule has 1 rings (SSSR count). The third-order valence-electron chi connectivity index (χ3n) is 2.82. The number of aliphatic carboxylic acids is 1. The summed E-state index contributed by atoms with van der Waals surface area (Å²) in [6, 6.07) is 0. The third-order valence-corrected chi connectivity index (χ3v) is 3.77. The maximum absolute atomic E-state index is 10.7. The van der Waals surface area contributed by atoms with Gasteiger partial charge < -0.3 is 14.4 Å². The lowest BCUT2D eigenvalue weighted by Crippen LogP contribution is -2.08. The molecule has 0 atom stereocenters. The highest BCUT2D eigenvalue weighted by molar-refractivity contribution is 7.99. The van der Waals surface area contributed by atoms with Crippen molar-refractivity contribution in [1.29, 1.82) is 0 Å². The van der Waals surface area contributed by atoms with Crippen LogP contribution < -0.4 is 0 Å². The summed E-state index contributed by atoms with van der Waals surface area (Å²) in [7, 11) is 1.71. The Bertz CT molecular complexity index is 421. The van der Waals surface area contributed by atoms with Crippen LogP contribution in [0, 0.1) is 0 Å². The van der Waals surface area contributed by atoms with E-state index in [1.165, 1.54) is 11.8 Å². The lowest BCUT2D eigenvalue weighted by atomic mass is 10.2. The Hall–Kier alpha value is -1.08. The first-order chi connectivity index (χ1) is 9.56. The summed E-state index contributed by atoms with van der Waals surface area (Å²) < 4.78 is 7.08. The molecule has 1 aromatic rings. The van der Waals surface area contributed by atoms with Gasteiger partial charge in [-0.2, -0.15) is 0 Å². The Labute approximate surface area is 123 Å². The van der Waals surface area contributed by atoms with Crippen molar-refractivity contribution < 1.29 is 14.6 Å². The van der Waals surface area contributed by atoms with Crippen molar-refractivity contribution in [3.63, 3.8) is 0 Å². The molecular formula is C13H23N3O3S. The molecule has 0 spiro atoms. The molecule has 0 aliphatic carbocycles. The third kappa shape index (κ3) is 5.50. The Balaban J connectivity index is 2.63. The minimum atomic E-state index is -0.837. The van der Waals surface area contributed by atoms with Gasteiger partial charge in [-0.25, -0.2) is 0 Å². The number of unbranched alkanes of at least 4 members (excludes halogenated alkanes) is 2. The standard InChI is InChI=1S/C13H23N3O3S/c1-10(2)12-14-15-13(20-9-11(17)18)16(12)7-5-4-6-8-19-3/h10H,4-9H2,1-3H3,(H,17,18). The molecule has 0 aromatic carbocycles. The van der Waals surface area contributed by atoms with E-state index in [0.717, 1.165) is 38.2 Å². The van der Waals surface area contributed by atoms with Crippen LogP contribution >= 0.6 is 11.8 Å². The molecule has 7 heteroatoms. The zero-order valence-corrected chi connectivity index (χ0v) is 13.2. The van der Waals surface area contributed by atoms with E-state index in [1.54, 1.807) is 7.11 Å². The number of carboxylic acid groups (broad SMARTS) is 1. The first-order valence-corrected chi connectivity index (χ1v) is 7.81. The molecule has 114 valence electrons. The van der Waals surface area contributed by atoms with E-state index in [2.05, 4.69) is 24.0 Å². The fraction of sp³-hybridized carbons (Fsp3) is 0.769. The maximum Gasteiger partial charge on any atom is 0.313 e. The summed E-state index contributed by atoms with van der Waals surface area (Å²) in [6.07, 6.45) is 3.13. The fourth-order valence-electron chi connectivity index (χ4n) is 1.86. The zero-order chi connectivity index (χ0) is 15.0. The van der Waals surface area contributed by atoms with E-state index in [9.17, 15) is 4.79 Å². The predicted octanol–water partition coefficient (Wildman–Crippen LogP) is 2.39. The van der Waals surface area contributed by atoms with Crippen LogP contribution in [-0.2, 0) is 16.1 Å². The number of methoxy groups -OCH3 is 1. The number of hydrogen-bond acceptors (Lipinski definition) is 5. The summed E-state index contributed by atoms with van der Waals surface area (Å²) in [5.74, 6) is 0.376. The van der Waals surface area contributed by atoms with Crippen LogP contribution in [0.1, 0.15) is 44.9 Å². The first-order valence-electron chi connectivity index (χ1n) is 6.83. The molecule has 0 fully saturated rings. The molecule has 1 heterocycles. The van der Waals surface area contributed by atoms with Crippen molar-refractivity contribution in [3.8, 4) is 0 Å². The van der Waals surface area contributed by atoms with Crippen molar-refractivity contribution in [1.82, 2.24) is 14.8 Å². The second kappa shape index (κ2) is 8.97. The Morgan fingerprint density at radius 2 is 2.10 bits per heavy atom. The van der Waals surface area contributed by atoms with Crippen LogP contribution in [0.5, 0.6) is 0 Å². The van der Waals surface area contributed by atoms with Crippen molar-refractivity contribution >= 4 is 17.7 Å². The van der Waals surface area contributed by atoms with Gasteiger partial charge in [0.2, 0.25) is 0 Å². The Morgan fingerprint density at radius 3 is 2.70 bits per heavy atom. The van der Waals surface area contributed by atoms with E-state index in [-0.39, 0.29) is 11.7 Å². The summed E-state index contributed by atoms with van der Waals surface area (Å²) in [4.78, 5) is 10.7. The number of thioether (sulfide) groups is 1. The Morgan fingerprint density at radius 1 is 1.35 bits per heavy atom. The minimum Gasteiger partial charge on any atom is -0.481 e. The van der Waals surface area contributed by atoms with Crippen LogP contribution in [0.25, 0.3) is 0 Å². The average Bonchev–Trinajstić information content (AvgIpc) is 2.79. The molecule has 1 N–H and O–H groups in total. The van der Waals surface area contributed by atoms with Crippen molar-refractivity contribution in [2.75, 3.05) is 19.5 Å². The normalized spacial score (nSPS) is 11.2. The molecule has 0 unspecified atom stereocenters. The van der Waals surface area contributed by atoms with Gasteiger partial charge in [-0.15, -0.1) is 10.2 Å². The van der Waals surface area contributed by atoms with Gasteiger partial charge in [-0.05, 0) is 19.3 Å². The number of ether oxygens (including phenoxy) is 1. The molecule has 0 aliphatic rings. The van der Waals surface area contributed by atoms with Gasteiger partial charge in [0.25, 0.3) is 0 Å². The van der Waals surface area contributed by atoms with E-state index in [1.807, 2.05) is 4.57 Å². The lowest BCUT2D eigenvalue weighted by molar-refractivity contribution is -0.133. The van der Waals surface area contributed by atoms with Crippen molar-refractivity contribution in [3.05, 3.63) is 5.82 Å². The topological polar surface area (TPSA) is 77.2 Å². The van der Waals surface area contributed by atoms with Gasteiger partial charge in [-0.1, -0.05) is 25.6 Å². The predicted molar refractivity (Wildman–Crippen MR) is 78.2 cm³/mol. The quantitative estimate of drug-likeness (QED) is 0.528. The number of carboxylic acids is 1. The van der Waals surface area contributed by atoms with Crippen LogP contribution in [0.2, 0.25) is 0 Å². The van der Waals surface area contributed by atoms with E-state index in [0.29, 0.717) is 5.16 Å². The second-order valence-electron chi connectivity index (χ2n) is 4.88. The molecule has 0 saturated carbocycles. The van der Waals surface area contributed by atoms with Crippen LogP contribution in [0.15, 0.2) is 5.16 Å². The highest BCUT2D eigenvalue weighted by Gasteiger charge is 2.15. The highest BCUT2D eigenvalue weighted by atomic mass is 32.2. The number of aromatic nitrogens is 3. The number of rotatable bonds is 10. The van der Waals surface area contributed by atoms with E-state index >= 15 is 0 Å². The molecule has 0 radical (unpaired) electrons. The summed E-state index contributed by atoms with van der Waals surface area (Å²) in [6.45, 7) is 5.74. The van der Waals surface area contributed by atoms with Gasteiger partial charge >= 0.3 is 5.97 Å². The molecule has 0 aliphatic heterocycles. The maximum atomic E-state index is 10.7. The minimum absolute atomic E-state index is 0.0138. The number of carbonyl (C=O) groups is 1. The van der Waals surface area contributed by atoms with Crippen LogP contribution in [0.4, 0.5) is 0 Å². The van der Waals surface area contributed by atoms with Gasteiger partial charge in [0, 0.05) is 26.2 Å². The molecule has 0 amide bonds. The van der Waals surface area contributed by atoms with Crippen molar-refractivity contribution in [2.24, 2.45) is 0 Å². The smallest absolute Gasteiger partial charge is 0.313 e. The fourth-order valence-corrected chi connectivity index (χ4v) is 2.56. The summed E-state index contributed by atoms with van der Waals surface area (Å²) >= 11 is 1.23. The largest absolute Gasteiger partial charge is 0.481 e. The number of nitrogens with zero attached hydrogens (tertiary/aromatic N) is 3. The first kappa shape index (κ1) is 17.0. The molecule has 6 nitrogen and oxygen atoms in total. The van der Waals surface area contributed by atoms with Gasteiger partial charge in [0.05, 0.1) is 5.75 Å². The SMILES string of the molecule is COCCCCCn1c(SCC(=O)O)nnc1C(C)C. The molecule has 20 heavy (non-hydrogen) atoms. The second-order valence-corrected chi connectivity index (χ2v) is 5.83. The van der Waals surface area contributed by atoms with Gasteiger partial charge in [0.15, 0.2) is 5.16 Å². The highest BCUT2D eigenvalue weighted by Crippen LogP contribution is 2.22. The van der Waals surface area contributed by atoms with Gasteiger partial charge in [-0.3, -0.25) is 4.79 Å². The van der Waals surface area contributed by atoms with E-state index in [4.69, 9.17) is 9.84 Å². The zero-order valence-electron chi connectivity index (χ0n) is 12.3. The van der Waals surface area contributed by atoms with Gasteiger partial charge in [0.1, 0.15) is 5.82 Å². The summed E-state index contributed by atoms with van der Waals surface area (Å²) in [5.41, 5.74) is 0. The monoisotopic (exact) mass is 301 g/mol. The van der Waals surface area contributed by atoms with Crippen LogP contribution in [0.3, 0.4) is 0 Å². The van der Waals surface area contributed by atoms with Crippen molar-refractivity contribution in [2.45, 2.75) is 50.7 Å². The number of hydrogen-bond donors (Lipinski definition) is 1. The van der Waals surface area contributed by atoms with Crippen LogP contribution in [-0.4, -0.2) is 45.3 Å². The Kier molecular flexibility index (Phi) is 7.61. The lowest BCUT2D eigenvalue weighted by Gasteiger charge is -2.11. The molecule has 0 saturated heterocycles. The molecule has 1 aromatic heterocycles. The van der Waals surface area contributed by atoms with E-state index < -0.39 is 5.97 Å². The average molecular weight is 301 g/mol. The summed E-state index contributed by atoms with van der Waals surface area (Å²) in [5, 5.41) is 17.8. The molecule has 0 bridgehead atoms.